The van der Waals surface area contributed by atoms with Gasteiger partial charge in [-0.3, -0.25) is 4.79 Å². The summed E-state index contributed by atoms with van der Waals surface area (Å²) in [5.74, 6) is 2.18. The highest BCUT2D eigenvalue weighted by molar-refractivity contribution is 5.66. The number of ether oxygens (including phenoxy) is 2. The summed E-state index contributed by atoms with van der Waals surface area (Å²) in [5, 5.41) is 0. The fourth-order valence-electron chi connectivity index (χ4n) is 7.15. The molecule has 7 atom stereocenters. The molecule has 0 aliphatic heterocycles. The summed E-state index contributed by atoms with van der Waals surface area (Å²) in [6, 6.07) is 0. The zero-order chi connectivity index (χ0) is 17.8. The molecule has 25 heavy (non-hydrogen) atoms. The summed E-state index contributed by atoms with van der Waals surface area (Å²) < 4.78 is 11.3. The Morgan fingerprint density at radius 3 is 2.68 bits per heavy atom. The second kappa shape index (κ2) is 6.11. The van der Waals surface area contributed by atoms with Crippen molar-refractivity contribution in [1.82, 2.24) is 0 Å². The van der Waals surface area contributed by atoms with Gasteiger partial charge in [-0.25, -0.2) is 0 Å². The predicted molar refractivity (Wildman–Crippen MR) is 98.1 cm³/mol. The van der Waals surface area contributed by atoms with E-state index in [2.05, 4.69) is 19.9 Å². The monoisotopic (exact) mass is 346 g/mol. The molecule has 3 saturated carbocycles. The first-order chi connectivity index (χ1) is 11.9. The molecule has 3 nitrogen and oxygen atoms in total. The Kier molecular flexibility index (Phi) is 4.30. The maximum atomic E-state index is 11.4. The molecule has 0 amide bonds. The molecule has 3 heteroatoms. The quantitative estimate of drug-likeness (QED) is 0.527. The third kappa shape index (κ3) is 2.78. The Morgan fingerprint density at radius 2 is 1.96 bits per heavy atom. The van der Waals surface area contributed by atoms with Gasteiger partial charge >= 0.3 is 5.97 Å². The van der Waals surface area contributed by atoms with Crippen LogP contribution in [0.25, 0.3) is 0 Å². The highest BCUT2D eigenvalue weighted by Crippen LogP contribution is 2.65. The summed E-state index contributed by atoms with van der Waals surface area (Å²) >= 11 is 0. The lowest BCUT2D eigenvalue weighted by atomic mass is 9.48. The molecule has 0 N–H and O–H groups in total. The molecule has 0 saturated heterocycles. The van der Waals surface area contributed by atoms with E-state index < -0.39 is 0 Å². The second-order valence-corrected chi connectivity index (χ2v) is 9.72. The molecule has 0 aromatic carbocycles. The number of esters is 1. The van der Waals surface area contributed by atoms with Crippen LogP contribution in [0, 0.1) is 28.6 Å². The number of rotatable bonds is 2. The average molecular weight is 347 g/mol. The Hall–Kier alpha value is -0.830. The molecule has 0 unspecified atom stereocenters. The summed E-state index contributed by atoms with van der Waals surface area (Å²) in [5.41, 5.74) is 2.41. The van der Waals surface area contributed by atoms with Crippen LogP contribution in [-0.2, 0) is 14.3 Å². The van der Waals surface area contributed by atoms with E-state index in [4.69, 9.17) is 9.47 Å². The van der Waals surface area contributed by atoms with Gasteiger partial charge in [0.25, 0.3) is 0 Å². The first kappa shape index (κ1) is 17.6. The van der Waals surface area contributed by atoms with Crippen molar-refractivity contribution in [3.8, 4) is 0 Å². The van der Waals surface area contributed by atoms with Crippen LogP contribution in [0.2, 0.25) is 0 Å². The van der Waals surface area contributed by atoms with E-state index in [0.717, 1.165) is 31.1 Å². The van der Waals surface area contributed by atoms with E-state index in [-0.39, 0.29) is 12.1 Å². The van der Waals surface area contributed by atoms with Gasteiger partial charge in [0.05, 0.1) is 6.10 Å². The fraction of sp³-hybridized carbons (Fsp3) is 0.864. The minimum absolute atomic E-state index is 0.112. The van der Waals surface area contributed by atoms with Gasteiger partial charge in [-0.1, -0.05) is 25.5 Å². The topological polar surface area (TPSA) is 35.5 Å². The second-order valence-electron chi connectivity index (χ2n) is 9.72. The number of carbonyl (C=O) groups is 1. The van der Waals surface area contributed by atoms with Crippen LogP contribution in [-0.4, -0.2) is 25.3 Å². The zero-order valence-corrected chi connectivity index (χ0v) is 16.3. The number of hydrogen-bond acceptors (Lipinski definition) is 3. The molecular weight excluding hydrogens is 312 g/mol. The minimum atomic E-state index is -0.112. The minimum Gasteiger partial charge on any atom is -0.463 e. The van der Waals surface area contributed by atoms with E-state index in [1.165, 1.54) is 32.1 Å². The maximum absolute atomic E-state index is 11.4. The van der Waals surface area contributed by atoms with E-state index in [0.29, 0.717) is 22.9 Å². The molecule has 0 aromatic rings. The van der Waals surface area contributed by atoms with Gasteiger partial charge in [0, 0.05) is 14.0 Å². The third-order valence-electron chi connectivity index (χ3n) is 8.45. The lowest BCUT2D eigenvalue weighted by Crippen LogP contribution is -2.49. The molecule has 0 radical (unpaired) electrons. The molecule has 140 valence electrons. The van der Waals surface area contributed by atoms with Crippen molar-refractivity contribution in [3.63, 3.8) is 0 Å². The van der Waals surface area contributed by atoms with Gasteiger partial charge in [-0.2, -0.15) is 0 Å². The van der Waals surface area contributed by atoms with Gasteiger partial charge in [0.1, 0.15) is 6.10 Å². The number of carbonyl (C=O) groups excluding carboxylic acids is 1. The maximum Gasteiger partial charge on any atom is 0.302 e. The van der Waals surface area contributed by atoms with Gasteiger partial charge in [0.2, 0.25) is 0 Å². The molecule has 4 aliphatic carbocycles. The van der Waals surface area contributed by atoms with Crippen molar-refractivity contribution < 1.29 is 14.3 Å². The smallest absolute Gasteiger partial charge is 0.302 e. The molecule has 3 fully saturated rings. The summed E-state index contributed by atoms with van der Waals surface area (Å²) in [6.07, 6.45) is 12.8. The molecule has 0 spiro atoms. The Morgan fingerprint density at radius 1 is 1.16 bits per heavy atom. The number of allylic oxidation sites excluding steroid dienone is 1. The normalized spacial score (nSPS) is 48.8. The van der Waals surface area contributed by atoms with Crippen LogP contribution >= 0.6 is 0 Å². The van der Waals surface area contributed by atoms with E-state index in [9.17, 15) is 4.79 Å². The number of fused-ring (bicyclic) bond motifs is 5. The molecule has 4 aliphatic rings. The molecule has 0 bridgehead atoms. The zero-order valence-electron chi connectivity index (χ0n) is 16.3. The van der Waals surface area contributed by atoms with Crippen molar-refractivity contribution in [3.05, 3.63) is 11.6 Å². The van der Waals surface area contributed by atoms with E-state index in [1.807, 2.05) is 7.11 Å². The molecule has 4 rings (SSSR count). The number of hydrogen-bond donors (Lipinski definition) is 0. The average Bonchev–Trinajstić information content (AvgIpc) is 2.89. The van der Waals surface area contributed by atoms with E-state index >= 15 is 0 Å². The first-order valence-electron chi connectivity index (χ1n) is 10.3. The van der Waals surface area contributed by atoms with Crippen LogP contribution in [0.4, 0.5) is 0 Å². The molecular formula is C22H34O3. The van der Waals surface area contributed by atoms with Crippen molar-refractivity contribution in [2.75, 3.05) is 7.11 Å². The van der Waals surface area contributed by atoms with Crippen molar-refractivity contribution in [2.24, 2.45) is 28.6 Å². The lowest BCUT2D eigenvalue weighted by Gasteiger charge is -2.57. The van der Waals surface area contributed by atoms with Crippen LogP contribution in [0.5, 0.6) is 0 Å². The van der Waals surface area contributed by atoms with Gasteiger partial charge in [0.15, 0.2) is 0 Å². The van der Waals surface area contributed by atoms with Gasteiger partial charge in [-0.05, 0) is 80.0 Å². The summed E-state index contributed by atoms with van der Waals surface area (Å²) in [6.45, 7) is 6.54. The lowest BCUT2D eigenvalue weighted by molar-refractivity contribution is -0.146. The van der Waals surface area contributed by atoms with Crippen LogP contribution in [0.15, 0.2) is 11.6 Å². The van der Waals surface area contributed by atoms with Gasteiger partial charge in [-0.15, -0.1) is 0 Å². The largest absolute Gasteiger partial charge is 0.463 e. The van der Waals surface area contributed by atoms with Gasteiger partial charge < -0.3 is 9.47 Å². The standard InChI is InChI=1S/C22H34O3/c1-14(23)25-17-12-20-18-6-5-15-11-16(24-4)7-10-22(15,3)19(18)8-9-21(20,2)13-17/h5,16-20H,6-13H2,1-4H3/t16-,17+,18+,19-,20-,21+,22-/m0/s1. The van der Waals surface area contributed by atoms with Crippen molar-refractivity contribution in [2.45, 2.75) is 84.3 Å². The summed E-state index contributed by atoms with van der Waals surface area (Å²) in [7, 11) is 1.86. The Labute approximate surface area is 152 Å². The Balaban J connectivity index is 1.58. The van der Waals surface area contributed by atoms with Crippen molar-refractivity contribution >= 4 is 5.97 Å². The molecule has 0 aromatic heterocycles. The van der Waals surface area contributed by atoms with Crippen LogP contribution in [0.3, 0.4) is 0 Å². The van der Waals surface area contributed by atoms with E-state index in [1.54, 1.807) is 12.5 Å². The van der Waals surface area contributed by atoms with Crippen LogP contribution < -0.4 is 0 Å². The SMILES string of the molecule is CO[C@H]1CC[C@@]2(C)C(=CC[C@H]3[C@@H]4C[C@@H](OC(C)=O)C[C@@]4(C)CC[C@@H]32)C1. The summed E-state index contributed by atoms with van der Waals surface area (Å²) in [4.78, 5) is 11.4. The van der Waals surface area contributed by atoms with Crippen LogP contribution in [0.1, 0.15) is 72.1 Å². The Bertz CT molecular complexity index is 582. The van der Waals surface area contributed by atoms with Crippen molar-refractivity contribution in [1.29, 1.82) is 0 Å². The fourth-order valence-corrected chi connectivity index (χ4v) is 7.15. The highest BCUT2D eigenvalue weighted by atomic mass is 16.5. The number of methoxy groups -OCH3 is 1. The predicted octanol–water partition coefficient (Wildman–Crippen LogP) is 4.90. The third-order valence-corrected chi connectivity index (χ3v) is 8.45. The first-order valence-corrected chi connectivity index (χ1v) is 10.3. The highest BCUT2D eigenvalue weighted by Gasteiger charge is 2.58. The molecule has 0 heterocycles.